The van der Waals surface area contributed by atoms with Gasteiger partial charge in [0.1, 0.15) is 5.75 Å². The van der Waals surface area contributed by atoms with E-state index in [9.17, 15) is 14.9 Å². The van der Waals surface area contributed by atoms with Crippen LogP contribution in [0.4, 0.5) is 5.69 Å². The van der Waals surface area contributed by atoms with Gasteiger partial charge in [0, 0.05) is 6.07 Å². The summed E-state index contributed by atoms with van der Waals surface area (Å²) in [5.41, 5.74) is 3.64. The largest absolute Gasteiger partial charge is 0.496 e. The molecule has 0 saturated carbocycles. The number of methoxy groups -OCH3 is 1. The van der Waals surface area contributed by atoms with Crippen LogP contribution < -0.4 is 14.9 Å². The number of hydrazone groups is 1. The Kier molecular flexibility index (Phi) is 6.89. The standard InChI is InChI=1S/C17H16IN3O5/c1-11-3-5-16(14(7-11)21(23)24)26-10-17(22)20-19-9-12-4-6-15(25-2)13(18)8-12/h3-9H,10H2,1-2H3,(H,20,22). The Hall–Kier alpha value is -2.69. The number of amides is 1. The van der Waals surface area contributed by atoms with Crippen LogP contribution >= 0.6 is 22.6 Å². The highest BCUT2D eigenvalue weighted by Crippen LogP contribution is 2.27. The minimum Gasteiger partial charge on any atom is -0.496 e. The normalized spacial score (nSPS) is 10.6. The van der Waals surface area contributed by atoms with Crippen molar-refractivity contribution in [3.8, 4) is 11.5 Å². The lowest BCUT2D eigenvalue weighted by molar-refractivity contribution is -0.385. The number of carbonyl (C=O) groups is 1. The molecule has 8 nitrogen and oxygen atoms in total. The molecule has 0 saturated heterocycles. The van der Waals surface area contributed by atoms with Gasteiger partial charge >= 0.3 is 5.69 Å². The molecule has 2 rings (SSSR count). The van der Waals surface area contributed by atoms with Crippen LogP contribution in [0, 0.1) is 20.6 Å². The third kappa shape index (κ3) is 5.41. The quantitative estimate of drug-likeness (QED) is 0.291. The summed E-state index contributed by atoms with van der Waals surface area (Å²) in [6, 6.07) is 9.96. The molecular weight excluding hydrogens is 453 g/mol. The molecule has 0 aromatic heterocycles. The van der Waals surface area contributed by atoms with Gasteiger partial charge in [0.15, 0.2) is 12.4 Å². The van der Waals surface area contributed by atoms with Crippen LogP contribution in [-0.4, -0.2) is 30.8 Å². The molecule has 26 heavy (non-hydrogen) atoms. The topological polar surface area (TPSA) is 103 Å². The third-order valence-electron chi connectivity index (χ3n) is 3.25. The zero-order chi connectivity index (χ0) is 19.1. The number of nitrogens with one attached hydrogen (secondary N) is 1. The zero-order valence-corrected chi connectivity index (χ0v) is 16.2. The molecular formula is C17H16IN3O5. The summed E-state index contributed by atoms with van der Waals surface area (Å²) in [6.45, 7) is 1.35. The zero-order valence-electron chi connectivity index (χ0n) is 14.1. The number of halogens is 1. The molecule has 0 heterocycles. The molecule has 9 heteroatoms. The van der Waals surface area contributed by atoms with Crippen LogP contribution in [0.2, 0.25) is 0 Å². The fourth-order valence-corrected chi connectivity index (χ4v) is 2.77. The van der Waals surface area contributed by atoms with Gasteiger partial charge in [-0.05, 0) is 64.9 Å². The highest BCUT2D eigenvalue weighted by atomic mass is 127. The van der Waals surface area contributed by atoms with Crippen LogP contribution in [-0.2, 0) is 4.79 Å². The summed E-state index contributed by atoms with van der Waals surface area (Å²) in [7, 11) is 1.59. The molecule has 0 aliphatic carbocycles. The predicted molar refractivity (Wildman–Crippen MR) is 105 cm³/mol. The predicted octanol–water partition coefficient (Wildman–Crippen LogP) is 3.05. The molecule has 136 valence electrons. The Bertz CT molecular complexity index is 854. The second-order valence-corrected chi connectivity index (χ2v) is 6.37. The molecule has 0 aliphatic heterocycles. The van der Waals surface area contributed by atoms with Crippen LogP contribution in [0.3, 0.4) is 0 Å². The molecule has 2 aromatic carbocycles. The maximum absolute atomic E-state index is 11.8. The lowest BCUT2D eigenvalue weighted by Crippen LogP contribution is -2.24. The summed E-state index contributed by atoms with van der Waals surface area (Å²) in [6.07, 6.45) is 1.48. The van der Waals surface area contributed by atoms with Crippen molar-refractivity contribution in [1.29, 1.82) is 0 Å². The first kappa shape index (κ1) is 19.6. The van der Waals surface area contributed by atoms with Crippen molar-refractivity contribution in [2.75, 3.05) is 13.7 Å². The summed E-state index contributed by atoms with van der Waals surface area (Å²) >= 11 is 2.13. The fraction of sp³-hybridized carbons (Fsp3) is 0.176. The Morgan fingerprint density at radius 2 is 2.04 bits per heavy atom. The van der Waals surface area contributed by atoms with E-state index in [1.54, 1.807) is 32.2 Å². The van der Waals surface area contributed by atoms with Gasteiger partial charge in [0.2, 0.25) is 0 Å². The first-order valence-electron chi connectivity index (χ1n) is 7.44. The average molecular weight is 469 g/mol. The monoisotopic (exact) mass is 469 g/mol. The van der Waals surface area contributed by atoms with Gasteiger partial charge in [0.25, 0.3) is 5.91 Å². The summed E-state index contributed by atoms with van der Waals surface area (Å²) in [4.78, 5) is 22.2. The Balaban J connectivity index is 1.91. The molecule has 2 aromatic rings. The van der Waals surface area contributed by atoms with Crippen molar-refractivity contribution in [2.45, 2.75) is 6.92 Å². The van der Waals surface area contributed by atoms with E-state index in [0.29, 0.717) is 0 Å². The number of hydrogen-bond acceptors (Lipinski definition) is 6. The maximum Gasteiger partial charge on any atom is 0.311 e. The number of hydrogen-bond donors (Lipinski definition) is 1. The van der Waals surface area contributed by atoms with E-state index in [1.807, 2.05) is 6.07 Å². The first-order chi connectivity index (χ1) is 12.4. The minimum absolute atomic E-state index is 0.0319. The summed E-state index contributed by atoms with van der Waals surface area (Å²) in [5, 5.41) is 14.9. The number of nitro groups is 1. The lowest BCUT2D eigenvalue weighted by atomic mass is 10.2. The molecule has 0 unspecified atom stereocenters. The van der Waals surface area contributed by atoms with Gasteiger partial charge in [-0.15, -0.1) is 0 Å². The smallest absolute Gasteiger partial charge is 0.311 e. The van der Waals surface area contributed by atoms with E-state index >= 15 is 0 Å². The Morgan fingerprint density at radius 1 is 1.31 bits per heavy atom. The van der Waals surface area contributed by atoms with Gasteiger partial charge in [-0.1, -0.05) is 6.07 Å². The van der Waals surface area contributed by atoms with Gasteiger partial charge < -0.3 is 9.47 Å². The fourth-order valence-electron chi connectivity index (χ4n) is 2.01. The summed E-state index contributed by atoms with van der Waals surface area (Å²) < 4.78 is 11.3. The number of benzene rings is 2. The van der Waals surface area contributed by atoms with E-state index < -0.39 is 10.8 Å². The van der Waals surface area contributed by atoms with Crippen molar-refractivity contribution in [3.05, 3.63) is 61.2 Å². The number of nitrogens with zero attached hydrogens (tertiary/aromatic N) is 2. The Labute approximate surface area is 163 Å². The molecule has 0 bridgehead atoms. The van der Waals surface area contributed by atoms with Gasteiger partial charge in [-0.25, -0.2) is 5.43 Å². The summed E-state index contributed by atoms with van der Waals surface area (Å²) in [5.74, 6) is 0.253. The van der Waals surface area contributed by atoms with Crippen molar-refractivity contribution in [3.63, 3.8) is 0 Å². The van der Waals surface area contributed by atoms with E-state index in [1.165, 1.54) is 18.3 Å². The lowest BCUT2D eigenvalue weighted by Gasteiger charge is -2.06. The third-order valence-corrected chi connectivity index (χ3v) is 4.09. The second-order valence-electron chi connectivity index (χ2n) is 5.20. The number of nitro benzene ring substituents is 1. The minimum atomic E-state index is -0.552. The average Bonchev–Trinajstić information content (AvgIpc) is 2.60. The first-order valence-corrected chi connectivity index (χ1v) is 8.52. The van der Waals surface area contributed by atoms with E-state index in [0.717, 1.165) is 20.4 Å². The van der Waals surface area contributed by atoms with E-state index in [4.69, 9.17) is 9.47 Å². The SMILES string of the molecule is COc1ccc(C=NNC(=O)COc2ccc(C)cc2[N+](=O)[O-])cc1I. The van der Waals surface area contributed by atoms with Gasteiger partial charge in [-0.3, -0.25) is 14.9 Å². The molecule has 0 aliphatic rings. The molecule has 1 amide bonds. The van der Waals surface area contributed by atoms with Crippen molar-refractivity contribution < 1.29 is 19.2 Å². The van der Waals surface area contributed by atoms with E-state index in [2.05, 4.69) is 33.1 Å². The van der Waals surface area contributed by atoms with Crippen molar-refractivity contribution in [2.24, 2.45) is 5.10 Å². The van der Waals surface area contributed by atoms with Crippen LogP contribution in [0.15, 0.2) is 41.5 Å². The number of rotatable bonds is 7. The number of ether oxygens (including phenoxy) is 2. The molecule has 0 spiro atoms. The number of aryl methyl sites for hydroxylation is 1. The van der Waals surface area contributed by atoms with Crippen molar-refractivity contribution >= 4 is 40.4 Å². The van der Waals surface area contributed by atoms with Crippen LogP contribution in [0.25, 0.3) is 0 Å². The van der Waals surface area contributed by atoms with E-state index in [-0.39, 0.29) is 18.0 Å². The molecule has 1 N–H and O–H groups in total. The number of carbonyl (C=O) groups excluding carboxylic acids is 1. The molecule has 0 atom stereocenters. The van der Waals surface area contributed by atoms with Crippen molar-refractivity contribution in [1.82, 2.24) is 5.43 Å². The molecule has 0 fully saturated rings. The second kappa shape index (κ2) is 9.13. The van der Waals surface area contributed by atoms with Crippen LogP contribution in [0.5, 0.6) is 11.5 Å². The highest BCUT2D eigenvalue weighted by molar-refractivity contribution is 14.1. The van der Waals surface area contributed by atoms with Gasteiger partial charge in [-0.2, -0.15) is 5.10 Å². The van der Waals surface area contributed by atoms with Gasteiger partial charge in [0.05, 0.1) is 21.8 Å². The maximum atomic E-state index is 11.8. The Morgan fingerprint density at radius 3 is 2.69 bits per heavy atom. The molecule has 0 radical (unpaired) electrons. The van der Waals surface area contributed by atoms with Crippen LogP contribution in [0.1, 0.15) is 11.1 Å². The highest BCUT2D eigenvalue weighted by Gasteiger charge is 2.16.